The van der Waals surface area contributed by atoms with Crippen molar-refractivity contribution in [2.75, 3.05) is 44.6 Å². The molecule has 3 rings (SSSR count). The van der Waals surface area contributed by atoms with Crippen molar-refractivity contribution in [1.82, 2.24) is 4.90 Å². The summed E-state index contributed by atoms with van der Waals surface area (Å²) >= 11 is 0. The highest BCUT2D eigenvalue weighted by molar-refractivity contribution is 7.92. The SMILES string of the molecule is C[NH+]1CCN(C(=O)COc2ccc(S(=O)(=O)Nc3ccc(F)cc3)cc2)CC1. The predicted molar refractivity (Wildman–Crippen MR) is 102 cm³/mol. The molecule has 1 aliphatic heterocycles. The van der Waals surface area contributed by atoms with Crippen LogP contribution in [0, 0.1) is 5.82 Å². The molecule has 0 radical (unpaired) electrons. The van der Waals surface area contributed by atoms with Crippen LogP contribution in [0.3, 0.4) is 0 Å². The van der Waals surface area contributed by atoms with E-state index in [0.29, 0.717) is 18.8 Å². The van der Waals surface area contributed by atoms with Crippen LogP contribution in [0.5, 0.6) is 5.75 Å². The molecular formula is C19H23FN3O4S+. The van der Waals surface area contributed by atoms with E-state index < -0.39 is 15.8 Å². The number of anilines is 1. The molecule has 0 saturated carbocycles. The van der Waals surface area contributed by atoms with Crippen LogP contribution in [0.2, 0.25) is 0 Å². The van der Waals surface area contributed by atoms with Crippen molar-refractivity contribution >= 4 is 21.6 Å². The number of hydrogen-bond acceptors (Lipinski definition) is 4. The molecule has 0 unspecified atom stereocenters. The Labute approximate surface area is 163 Å². The van der Waals surface area contributed by atoms with Gasteiger partial charge in [0.15, 0.2) is 6.61 Å². The van der Waals surface area contributed by atoms with E-state index in [4.69, 9.17) is 4.74 Å². The minimum absolute atomic E-state index is 0.0394. The lowest BCUT2D eigenvalue weighted by Crippen LogP contribution is -3.12. The molecular weight excluding hydrogens is 385 g/mol. The van der Waals surface area contributed by atoms with Crippen molar-refractivity contribution in [3.63, 3.8) is 0 Å². The number of piperazine rings is 1. The van der Waals surface area contributed by atoms with E-state index in [1.807, 2.05) is 0 Å². The maximum Gasteiger partial charge on any atom is 0.261 e. The molecule has 9 heteroatoms. The fraction of sp³-hybridized carbons (Fsp3) is 0.316. The molecule has 28 heavy (non-hydrogen) atoms. The van der Waals surface area contributed by atoms with Crippen molar-refractivity contribution in [2.45, 2.75) is 4.90 Å². The molecule has 1 fully saturated rings. The average molecular weight is 408 g/mol. The Hall–Kier alpha value is -2.65. The summed E-state index contributed by atoms with van der Waals surface area (Å²) in [5, 5.41) is 0. The van der Waals surface area contributed by atoms with Crippen LogP contribution in [0.15, 0.2) is 53.4 Å². The molecule has 2 aromatic rings. The van der Waals surface area contributed by atoms with Gasteiger partial charge in [0.1, 0.15) is 11.6 Å². The van der Waals surface area contributed by atoms with Gasteiger partial charge in [-0.05, 0) is 48.5 Å². The van der Waals surface area contributed by atoms with Gasteiger partial charge in [0.2, 0.25) is 0 Å². The van der Waals surface area contributed by atoms with Crippen LogP contribution in [0.25, 0.3) is 0 Å². The van der Waals surface area contributed by atoms with E-state index in [-0.39, 0.29) is 23.1 Å². The lowest BCUT2D eigenvalue weighted by atomic mass is 10.3. The van der Waals surface area contributed by atoms with Gasteiger partial charge in [-0.1, -0.05) is 0 Å². The second-order valence-corrected chi connectivity index (χ2v) is 8.39. The second-order valence-electron chi connectivity index (χ2n) is 6.71. The Morgan fingerprint density at radius 1 is 1.11 bits per heavy atom. The normalized spacial score (nSPS) is 15.3. The van der Waals surface area contributed by atoms with Gasteiger partial charge in [-0.15, -0.1) is 0 Å². The van der Waals surface area contributed by atoms with Gasteiger partial charge in [-0.2, -0.15) is 0 Å². The first kappa shape index (κ1) is 20.1. The Morgan fingerprint density at radius 3 is 2.32 bits per heavy atom. The maximum absolute atomic E-state index is 12.9. The number of likely N-dealkylation sites (N-methyl/N-ethyl adjacent to an activating group) is 1. The first-order valence-corrected chi connectivity index (χ1v) is 10.4. The van der Waals surface area contributed by atoms with Crippen LogP contribution >= 0.6 is 0 Å². The smallest absolute Gasteiger partial charge is 0.261 e. The number of benzene rings is 2. The third-order valence-electron chi connectivity index (χ3n) is 4.56. The number of sulfonamides is 1. The summed E-state index contributed by atoms with van der Waals surface area (Å²) < 4.78 is 45.6. The summed E-state index contributed by atoms with van der Waals surface area (Å²) in [6.45, 7) is 3.16. The molecule has 1 amide bonds. The molecule has 1 heterocycles. The topological polar surface area (TPSA) is 80.2 Å². The number of ether oxygens (including phenoxy) is 1. The maximum atomic E-state index is 12.9. The zero-order valence-corrected chi connectivity index (χ0v) is 16.3. The van der Waals surface area contributed by atoms with Crippen LogP contribution < -0.4 is 14.4 Å². The number of rotatable bonds is 6. The Bertz CT molecular complexity index is 909. The number of halogens is 1. The van der Waals surface area contributed by atoms with Crippen LogP contribution in [-0.2, 0) is 14.8 Å². The molecule has 0 aliphatic carbocycles. The van der Waals surface area contributed by atoms with Gasteiger partial charge in [-0.3, -0.25) is 9.52 Å². The van der Waals surface area contributed by atoms with Crippen molar-refractivity contribution in [3.8, 4) is 5.75 Å². The Morgan fingerprint density at radius 2 is 1.71 bits per heavy atom. The van der Waals surface area contributed by atoms with E-state index in [1.54, 1.807) is 4.90 Å². The third-order valence-corrected chi connectivity index (χ3v) is 5.96. The largest absolute Gasteiger partial charge is 0.484 e. The van der Waals surface area contributed by atoms with E-state index in [0.717, 1.165) is 13.1 Å². The van der Waals surface area contributed by atoms with Gasteiger partial charge in [0.25, 0.3) is 15.9 Å². The van der Waals surface area contributed by atoms with Crippen LogP contribution in [0.4, 0.5) is 10.1 Å². The number of amides is 1. The molecule has 0 aromatic heterocycles. The molecule has 0 spiro atoms. The Kier molecular flexibility index (Phi) is 6.15. The van der Waals surface area contributed by atoms with Crippen molar-refractivity contribution in [3.05, 3.63) is 54.3 Å². The van der Waals surface area contributed by atoms with Gasteiger partial charge in [-0.25, -0.2) is 12.8 Å². The zero-order chi connectivity index (χ0) is 20.1. The highest BCUT2D eigenvalue weighted by atomic mass is 32.2. The molecule has 2 aromatic carbocycles. The zero-order valence-electron chi connectivity index (χ0n) is 15.5. The summed E-state index contributed by atoms with van der Waals surface area (Å²) in [4.78, 5) is 15.4. The fourth-order valence-electron chi connectivity index (χ4n) is 2.82. The quantitative estimate of drug-likeness (QED) is 0.724. The number of carbonyl (C=O) groups excluding carboxylic acids is 1. The lowest BCUT2D eigenvalue weighted by molar-refractivity contribution is -0.883. The first-order chi connectivity index (χ1) is 13.3. The van der Waals surface area contributed by atoms with Crippen molar-refractivity contribution in [2.24, 2.45) is 0 Å². The Balaban J connectivity index is 1.56. The third kappa shape index (κ3) is 5.20. The number of nitrogens with one attached hydrogen (secondary N) is 2. The first-order valence-electron chi connectivity index (χ1n) is 8.94. The molecule has 0 bridgehead atoms. The molecule has 1 saturated heterocycles. The number of nitrogens with zero attached hydrogens (tertiary/aromatic N) is 1. The van der Waals surface area contributed by atoms with Crippen LogP contribution in [0.1, 0.15) is 0 Å². The number of quaternary nitrogens is 1. The highest BCUT2D eigenvalue weighted by Gasteiger charge is 2.21. The minimum Gasteiger partial charge on any atom is -0.484 e. The van der Waals surface area contributed by atoms with E-state index in [1.165, 1.54) is 53.4 Å². The van der Waals surface area contributed by atoms with Crippen molar-refractivity contribution in [1.29, 1.82) is 0 Å². The molecule has 2 N–H and O–H groups in total. The molecule has 150 valence electrons. The number of hydrogen-bond donors (Lipinski definition) is 2. The molecule has 0 atom stereocenters. The minimum atomic E-state index is -3.80. The van der Waals surface area contributed by atoms with E-state index in [9.17, 15) is 17.6 Å². The highest BCUT2D eigenvalue weighted by Crippen LogP contribution is 2.19. The molecule has 7 nitrogen and oxygen atoms in total. The van der Waals surface area contributed by atoms with Gasteiger partial charge in [0.05, 0.1) is 38.1 Å². The van der Waals surface area contributed by atoms with Gasteiger partial charge in [0, 0.05) is 5.69 Å². The lowest BCUT2D eigenvalue weighted by Gasteiger charge is -2.29. The summed E-state index contributed by atoms with van der Waals surface area (Å²) in [6.07, 6.45) is 0. The van der Waals surface area contributed by atoms with Gasteiger partial charge < -0.3 is 14.5 Å². The fourth-order valence-corrected chi connectivity index (χ4v) is 3.88. The summed E-state index contributed by atoms with van der Waals surface area (Å²) in [6, 6.07) is 10.8. The monoisotopic (exact) mass is 408 g/mol. The predicted octanol–water partition coefficient (Wildman–Crippen LogP) is 0.362. The van der Waals surface area contributed by atoms with E-state index in [2.05, 4.69) is 11.8 Å². The molecule has 1 aliphatic rings. The summed E-state index contributed by atoms with van der Waals surface area (Å²) in [5.74, 6) is -0.118. The van der Waals surface area contributed by atoms with E-state index >= 15 is 0 Å². The number of carbonyl (C=O) groups is 1. The average Bonchev–Trinajstić information content (AvgIpc) is 2.68. The second kappa shape index (κ2) is 8.57. The summed E-state index contributed by atoms with van der Waals surface area (Å²) in [5.41, 5.74) is 0.265. The van der Waals surface area contributed by atoms with Gasteiger partial charge >= 0.3 is 0 Å². The van der Waals surface area contributed by atoms with Crippen LogP contribution in [-0.4, -0.2) is 59.1 Å². The standard InChI is InChI=1S/C19H22FN3O4S/c1-22-10-12-23(13-11-22)19(24)14-27-17-6-8-18(9-7-17)28(25,26)21-16-4-2-15(20)3-5-16/h2-9,21H,10-14H2,1H3/p+1. The van der Waals surface area contributed by atoms with Crippen molar-refractivity contribution < 1.29 is 27.2 Å². The summed E-state index contributed by atoms with van der Waals surface area (Å²) in [7, 11) is -1.71.